The van der Waals surface area contributed by atoms with Crippen LogP contribution in [0.1, 0.15) is 11.7 Å². The van der Waals surface area contributed by atoms with Crippen LogP contribution in [0.3, 0.4) is 0 Å². The lowest BCUT2D eigenvalue weighted by molar-refractivity contribution is 0.191. The number of methoxy groups -OCH3 is 2. The zero-order valence-electron chi connectivity index (χ0n) is 12.0. The smallest absolute Gasteiger partial charge is 0.139 e. The third-order valence-electron chi connectivity index (χ3n) is 3.15. The summed E-state index contributed by atoms with van der Waals surface area (Å²) in [7, 11) is 3.18. The Kier molecular flexibility index (Phi) is 5.31. The van der Waals surface area contributed by atoms with E-state index >= 15 is 0 Å². The monoisotopic (exact) mass is 307 g/mol. The van der Waals surface area contributed by atoms with Crippen molar-refractivity contribution in [2.24, 2.45) is 0 Å². The van der Waals surface area contributed by atoms with Crippen LogP contribution in [-0.2, 0) is 0 Å². The molecule has 4 nitrogen and oxygen atoms in total. The molecule has 0 bridgehead atoms. The van der Waals surface area contributed by atoms with Gasteiger partial charge in [-0.25, -0.2) is 0 Å². The van der Waals surface area contributed by atoms with Crippen molar-refractivity contribution >= 4 is 17.3 Å². The first-order valence-corrected chi connectivity index (χ1v) is 6.91. The third kappa shape index (κ3) is 4.03. The van der Waals surface area contributed by atoms with E-state index in [9.17, 15) is 5.11 Å². The second-order valence-corrected chi connectivity index (χ2v) is 4.93. The Hall–Kier alpha value is -1.91. The van der Waals surface area contributed by atoms with Gasteiger partial charge in [0.05, 0.1) is 25.3 Å². The van der Waals surface area contributed by atoms with E-state index < -0.39 is 6.10 Å². The van der Waals surface area contributed by atoms with Crippen molar-refractivity contribution in [3.63, 3.8) is 0 Å². The number of hydrogen-bond acceptors (Lipinski definition) is 4. The van der Waals surface area contributed by atoms with Crippen molar-refractivity contribution in [3.8, 4) is 11.5 Å². The van der Waals surface area contributed by atoms with Crippen LogP contribution in [0.25, 0.3) is 0 Å². The van der Waals surface area contributed by atoms with E-state index in [1.54, 1.807) is 26.4 Å². The summed E-state index contributed by atoms with van der Waals surface area (Å²) in [6, 6.07) is 12.7. The number of halogens is 1. The summed E-state index contributed by atoms with van der Waals surface area (Å²) in [4.78, 5) is 0. The van der Waals surface area contributed by atoms with Gasteiger partial charge in [0.2, 0.25) is 0 Å². The first-order valence-electron chi connectivity index (χ1n) is 6.53. The molecule has 0 heterocycles. The fourth-order valence-electron chi connectivity index (χ4n) is 1.93. The van der Waals surface area contributed by atoms with E-state index in [1.807, 2.05) is 30.3 Å². The van der Waals surface area contributed by atoms with Crippen molar-refractivity contribution in [1.82, 2.24) is 0 Å². The van der Waals surface area contributed by atoms with Crippen LogP contribution in [0.15, 0.2) is 42.5 Å². The van der Waals surface area contributed by atoms with Gasteiger partial charge in [0.15, 0.2) is 0 Å². The second kappa shape index (κ2) is 7.20. The molecule has 0 radical (unpaired) electrons. The van der Waals surface area contributed by atoms with E-state index in [1.165, 1.54) is 0 Å². The number of rotatable bonds is 6. The van der Waals surface area contributed by atoms with Gasteiger partial charge >= 0.3 is 0 Å². The van der Waals surface area contributed by atoms with E-state index in [0.29, 0.717) is 17.3 Å². The van der Waals surface area contributed by atoms with Gasteiger partial charge in [-0.3, -0.25) is 0 Å². The van der Waals surface area contributed by atoms with Crippen LogP contribution in [0.4, 0.5) is 5.69 Å². The Balaban J connectivity index is 1.98. The third-order valence-corrected chi connectivity index (χ3v) is 3.46. The van der Waals surface area contributed by atoms with E-state index in [4.69, 9.17) is 21.1 Å². The van der Waals surface area contributed by atoms with Crippen LogP contribution in [0, 0.1) is 0 Å². The largest absolute Gasteiger partial charge is 0.497 e. The Morgan fingerprint density at radius 3 is 2.43 bits per heavy atom. The SMILES string of the molecule is COc1ccc(C(O)CNc2ccc(Cl)c(OC)c2)cc1. The molecular weight excluding hydrogens is 290 g/mol. The van der Waals surface area contributed by atoms with Gasteiger partial charge in [0, 0.05) is 18.3 Å². The minimum absolute atomic E-state index is 0.386. The summed E-state index contributed by atoms with van der Waals surface area (Å²) >= 11 is 5.97. The zero-order chi connectivity index (χ0) is 15.2. The highest BCUT2D eigenvalue weighted by atomic mass is 35.5. The van der Waals surface area contributed by atoms with Crippen molar-refractivity contribution in [2.45, 2.75) is 6.10 Å². The predicted molar refractivity (Wildman–Crippen MR) is 84.4 cm³/mol. The lowest BCUT2D eigenvalue weighted by atomic mass is 10.1. The number of anilines is 1. The van der Waals surface area contributed by atoms with E-state index in [2.05, 4.69) is 5.32 Å². The average Bonchev–Trinajstić information content (AvgIpc) is 2.53. The molecule has 0 aliphatic heterocycles. The fraction of sp³-hybridized carbons (Fsp3) is 0.250. The van der Waals surface area contributed by atoms with Crippen LogP contribution in [-0.4, -0.2) is 25.9 Å². The highest BCUT2D eigenvalue weighted by Crippen LogP contribution is 2.27. The standard InChI is InChI=1S/C16H18ClNO3/c1-20-13-6-3-11(4-7-13)15(19)10-18-12-5-8-14(17)16(9-12)21-2/h3-9,15,18-19H,10H2,1-2H3. The molecule has 1 unspecified atom stereocenters. The molecular formula is C16H18ClNO3. The van der Waals surface area contributed by atoms with Crippen LogP contribution in [0.2, 0.25) is 5.02 Å². The molecule has 0 aromatic heterocycles. The van der Waals surface area contributed by atoms with Gasteiger partial charge in [-0.1, -0.05) is 23.7 Å². The Morgan fingerprint density at radius 2 is 1.81 bits per heavy atom. The molecule has 2 N–H and O–H groups in total. The van der Waals surface area contributed by atoms with E-state index in [0.717, 1.165) is 17.0 Å². The lowest BCUT2D eigenvalue weighted by Crippen LogP contribution is -2.12. The van der Waals surface area contributed by atoms with Crippen LogP contribution >= 0.6 is 11.6 Å². The molecule has 5 heteroatoms. The molecule has 1 atom stereocenters. The molecule has 2 rings (SSSR count). The molecule has 0 spiro atoms. The molecule has 0 amide bonds. The van der Waals surface area contributed by atoms with E-state index in [-0.39, 0.29) is 0 Å². The second-order valence-electron chi connectivity index (χ2n) is 4.52. The molecule has 0 saturated carbocycles. The number of ether oxygens (including phenoxy) is 2. The Bertz CT molecular complexity index is 587. The predicted octanol–water partition coefficient (Wildman–Crippen LogP) is 3.50. The fourth-order valence-corrected chi connectivity index (χ4v) is 2.12. The normalized spacial score (nSPS) is 11.8. The maximum Gasteiger partial charge on any atom is 0.139 e. The zero-order valence-corrected chi connectivity index (χ0v) is 12.7. The molecule has 0 saturated heterocycles. The maximum absolute atomic E-state index is 10.2. The Morgan fingerprint density at radius 1 is 1.10 bits per heavy atom. The maximum atomic E-state index is 10.2. The topological polar surface area (TPSA) is 50.7 Å². The highest BCUT2D eigenvalue weighted by Gasteiger charge is 2.08. The minimum Gasteiger partial charge on any atom is -0.497 e. The summed E-state index contributed by atoms with van der Waals surface area (Å²) in [5.74, 6) is 1.36. The molecule has 0 aliphatic carbocycles. The lowest BCUT2D eigenvalue weighted by Gasteiger charge is -2.14. The summed E-state index contributed by atoms with van der Waals surface area (Å²) in [6.45, 7) is 0.386. The van der Waals surface area contributed by atoms with Gasteiger partial charge in [-0.05, 0) is 29.8 Å². The number of hydrogen-bond donors (Lipinski definition) is 2. The highest BCUT2D eigenvalue weighted by molar-refractivity contribution is 6.32. The number of aliphatic hydroxyl groups is 1. The molecule has 2 aromatic carbocycles. The number of aliphatic hydroxyl groups excluding tert-OH is 1. The Labute approximate surface area is 129 Å². The van der Waals surface area contributed by atoms with Crippen molar-refractivity contribution < 1.29 is 14.6 Å². The first kappa shape index (κ1) is 15.5. The molecule has 112 valence electrons. The van der Waals surface area contributed by atoms with Crippen LogP contribution < -0.4 is 14.8 Å². The van der Waals surface area contributed by atoms with Crippen molar-refractivity contribution in [1.29, 1.82) is 0 Å². The minimum atomic E-state index is -0.613. The average molecular weight is 308 g/mol. The van der Waals surface area contributed by atoms with Gasteiger partial charge in [0.25, 0.3) is 0 Å². The molecule has 21 heavy (non-hydrogen) atoms. The van der Waals surface area contributed by atoms with Crippen molar-refractivity contribution in [2.75, 3.05) is 26.1 Å². The van der Waals surface area contributed by atoms with Crippen molar-refractivity contribution in [3.05, 3.63) is 53.1 Å². The van der Waals surface area contributed by atoms with Gasteiger partial charge in [-0.2, -0.15) is 0 Å². The molecule has 0 fully saturated rings. The summed E-state index contributed by atoms with van der Waals surface area (Å²) in [5, 5.41) is 13.9. The van der Waals surface area contributed by atoms with Gasteiger partial charge in [0.1, 0.15) is 11.5 Å². The summed E-state index contributed by atoms with van der Waals surface area (Å²) < 4.78 is 10.2. The van der Waals surface area contributed by atoms with Gasteiger partial charge in [-0.15, -0.1) is 0 Å². The number of nitrogens with one attached hydrogen (secondary N) is 1. The first-order chi connectivity index (χ1) is 10.1. The molecule has 2 aromatic rings. The van der Waals surface area contributed by atoms with Crippen LogP contribution in [0.5, 0.6) is 11.5 Å². The summed E-state index contributed by atoms with van der Waals surface area (Å²) in [5.41, 5.74) is 1.66. The quantitative estimate of drug-likeness (QED) is 0.857. The summed E-state index contributed by atoms with van der Waals surface area (Å²) in [6.07, 6.45) is -0.613. The molecule has 0 aliphatic rings. The number of benzene rings is 2. The van der Waals surface area contributed by atoms with Gasteiger partial charge < -0.3 is 19.9 Å².